The van der Waals surface area contributed by atoms with Crippen molar-refractivity contribution in [3.05, 3.63) is 71.0 Å². The molecule has 2 unspecified atom stereocenters. The fraction of sp³-hybridized carbons (Fsp3) is 0.348. The molecule has 2 amide bonds. The smallest absolute Gasteiger partial charge is 0.290 e. The molecule has 0 spiro atoms. The van der Waals surface area contributed by atoms with E-state index in [0.29, 0.717) is 30.9 Å². The van der Waals surface area contributed by atoms with Crippen molar-refractivity contribution in [3.63, 3.8) is 0 Å². The predicted molar refractivity (Wildman–Crippen MR) is 112 cm³/mol. The summed E-state index contributed by atoms with van der Waals surface area (Å²) in [6, 6.07) is 12.2. The number of rotatable bonds is 6. The second kappa shape index (κ2) is 8.67. The lowest BCUT2D eigenvalue weighted by Crippen LogP contribution is -2.44. The zero-order chi connectivity index (χ0) is 22.0. The van der Waals surface area contributed by atoms with Crippen LogP contribution in [0.5, 0.6) is 5.75 Å². The minimum atomic E-state index is -0.623. The molecule has 162 valence electrons. The van der Waals surface area contributed by atoms with Gasteiger partial charge in [0.05, 0.1) is 12.2 Å². The highest BCUT2D eigenvalue weighted by Gasteiger charge is 2.41. The highest BCUT2D eigenvalue weighted by molar-refractivity contribution is 5.96. The molecular weight excluding hydrogens is 398 g/mol. The molecule has 1 N–H and O–H groups in total. The second-order valence-corrected chi connectivity index (χ2v) is 7.62. The molecule has 0 radical (unpaired) electrons. The largest absolute Gasteiger partial charge is 0.488 e. The van der Waals surface area contributed by atoms with Gasteiger partial charge in [-0.15, -0.1) is 0 Å². The lowest BCUT2D eigenvalue weighted by Gasteiger charge is -2.21. The molecule has 0 saturated carbocycles. The van der Waals surface area contributed by atoms with E-state index in [-0.39, 0.29) is 23.7 Å². The lowest BCUT2D eigenvalue weighted by atomic mass is 10.1. The lowest BCUT2D eigenvalue weighted by molar-refractivity contribution is -0.124. The molecule has 1 aliphatic rings. The summed E-state index contributed by atoms with van der Waals surface area (Å²) >= 11 is 0. The standard InChI is InChI=1S/C23H25N3O5/c1-14-19(15(2)31-25-14)11-17-9-10-21(30-17)23(28)26-13-18(12-20(26)22(27)24-3)29-16-7-5-4-6-8-16/h4-10,18,20H,11-13H2,1-3H3,(H,24,27). The number of nitrogens with zero attached hydrogens (tertiary/aromatic N) is 2. The van der Waals surface area contributed by atoms with Crippen LogP contribution in [0.15, 0.2) is 51.4 Å². The number of likely N-dealkylation sites (N-methyl/N-ethyl adjacent to an activating group) is 1. The molecule has 0 aliphatic carbocycles. The zero-order valence-corrected chi connectivity index (χ0v) is 17.8. The van der Waals surface area contributed by atoms with Crippen molar-refractivity contribution in [3.8, 4) is 5.75 Å². The number of carbonyl (C=O) groups is 2. The van der Waals surface area contributed by atoms with Crippen LogP contribution >= 0.6 is 0 Å². The minimum Gasteiger partial charge on any atom is -0.488 e. The molecule has 31 heavy (non-hydrogen) atoms. The molecule has 4 rings (SSSR count). The van der Waals surface area contributed by atoms with Crippen LogP contribution in [0.2, 0.25) is 0 Å². The number of carbonyl (C=O) groups excluding carboxylic acids is 2. The van der Waals surface area contributed by atoms with Gasteiger partial charge in [-0.05, 0) is 38.1 Å². The van der Waals surface area contributed by atoms with Crippen LogP contribution in [0.3, 0.4) is 0 Å². The third kappa shape index (κ3) is 4.33. The normalized spacial score (nSPS) is 18.2. The van der Waals surface area contributed by atoms with Gasteiger partial charge in [-0.1, -0.05) is 23.4 Å². The first kappa shape index (κ1) is 20.7. The maximum absolute atomic E-state index is 13.2. The van der Waals surface area contributed by atoms with E-state index in [1.165, 1.54) is 4.90 Å². The number of furan rings is 1. The first-order chi connectivity index (χ1) is 15.0. The van der Waals surface area contributed by atoms with Crippen molar-refractivity contribution in [1.29, 1.82) is 0 Å². The average molecular weight is 423 g/mol. The van der Waals surface area contributed by atoms with Crippen LogP contribution in [0.4, 0.5) is 0 Å². The molecule has 1 fully saturated rings. The van der Waals surface area contributed by atoms with E-state index >= 15 is 0 Å². The number of likely N-dealkylation sites (tertiary alicyclic amines) is 1. The predicted octanol–water partition coefficient (Wildman–Crippen LogP) is 2.88. The van der Waals surface area contributed by atoms with Crippen LogP contribution in [-0.2, 0) is 11.2 Å². The molecule has 2 aromatic heterocycles. The zero-order valence-electron chi connectivity index (χ0n) is 17.8. The van der Waals surface area contributed by atoms with Gasteiger partial charge in [0.2, 0.25) is 5.91 Å². The van der Waals surface area contributed by atoms with Gasteiger partial charge in [0.25, 0.3) is 5.91 Å². The molecule has 1 aromatic carbocycles. The quantitative estimate of drug-likeness (QED) is 0.655. The Morgan fingerprint density at radius 2 is 1.97 bits per heavy atom. The highest BCUT2D eigenvalue weighted by Crippen LogP contribution is 2.26. The molecule has 1 aliphatic heterocycles. The topological polar surface area (TPSA) is 97.8 Å². The number of aryl methyl sites for hydroxylation is 2. The first-order valence-corrected chi connectivity index (χ1v) is 10.2. The Balaban J connectivity index is 1.50. The maximum Gasteiger partial charge on any atom is 0.290 e. The van der Waals surface area contributed by atoms with E-state index < -0.39 is 6.04 Å². The molecule has 2 atom stereocenters. The molecule has 1 saturated heterocycles. The van der Waals surface area contributed by atoms with Gasteiger partial charge in [-0.25, -0.2) is 0 Å². The summed E-state index contributed by atoms with van der Waals surface area (Å²) < 4.78 is 17.0. The maximum atomic E-state index is 13.2. The van der Waals surface area contributed by atoms with Gasteiger partial charge >= 0.3 is 0 Å². The van der Waals surface area contributed by atoms with Crippen molar-refractivity contribution in [1.82, 2.24) is 15.4 Å². The molecular formula is C23H25N3O5. The summed E-state index contributed by atoms with van der Waals surface area (Å²) in [7, 11) is 1.56. The number of para-hydroxylation sites is 1. The van der Waals surface area contributed by atoms with Crippen LogP contribution in [0.25, 0.3) is 0 Å². The second-order valence-electron chi connectivity index (χ2n) is 7.62. The number of amides is 2. The van der Waals surface area contributed by atoms with Crippen LogP contribution in [-0.4, -0.2) is 47.6 Å². The number of hydrogen-bond donors (Lipinski definition) is 1. The van der Waals surface area contributed by atoms with Gasteiger partial charge in [0.15, 0.2) is 5.76 Å². The highest BCUT2D eigenvalue weighted by atomic mass is 16.5. The van der Waals surface area contributed by atoms with E-state index in [0.717, 1.165) is 17.0 Å². The Kier molecular flexibility index (Phi) is 5.79. The summed E-state index contributed by atoms with van der Waals surface area (Å²) in [5.41, 5.74) is 1.73. The summed E-state index contributed by atoms with van der Waals surface area (Å²) in [5.74, 6) is 1.69. The average Bonchev–Trinajstić information content (AvgIpc) is 3.49. The van der Waals surface area contributed by atoms with E-state index in [2.05, 4.69) is 10.5 Å². The van der Waals surface area contributed by atoms with Crippen LogP contribution < -0.4 is 10.1 Å². The molecule has 3 heterocycles. The van der Waals surface area contributed by atoms with Gasteiger partial charge in [0.1, 0.15) is 29.4 Å². The SMILES string of the molecule is CNC(=O)C1CC(Oc2ccccc2)CN1C(=O)c1ccc(Cc2c(C)noc2C)o1. The monoisotopic (exact) mass is 423 g/mol. The van der Waals surface area contributed by atoms with Crippen molar-refractivity contribution in [2.24, 2.45) is 0 Å². The Hall–Kier alpha value is -3.55. The summed E-state index contributed by atoms with van der Waals surface area (Å²) in [6.45, 7) is 4.01. The van der Waals surface area contributed by atoms with E-state index in [1.807, 2.05) is 44.2 Å². The summed E-state index contributed by atoms with van der Waals surface area (Å²) in [5, 5.41) is 6.59. The van der Waals surface area contributed by atoms with Gasteiger partial charge < -0.3 is 23.9 Å². The van der Waals surface area contributed by atoms with Crippen LogP contribution in [0.1, 0.15) is 39.8 Å². The van der Waals surface area contributed by atoms with Gasteiger partial charge in [-0.3, -0.25) is 9.59 Å². The third-order valence-electron chi connectivity index (χ3n) is 5.52. The third-order valence-corrected chi connectivity index (χ3v) is 5.52. The summed E-state index contributed by atoms with van der Waals surface area (Å²) in [6.07, 6.45) is 0.602. The number of aromatic nitrogens is 1. The first-order valence-electron chi connectivity index (χ1n) is 10.2. The van der Waals surface area contributed by atoms with E-state index in [9.17, 15) is 9.59 Å². The van der Waals surface area contributed by atoms with Crippen molar-refractivity contribution >= 4 is 11.8 Å². The van der Waals surface area contributed by atoms with Crippen molar-refractivity contribution < 1.29 is 23.3 Å². The fourth-order valence-corrected chi connectivity index (χ4v) is 3.87. The summed E-state index contributed by atoms with van der Waals surface area (Å²) in [4.78, 5) is 27.2. The van der Waals surface area contributed by atoms with E-state index in [4.69, 9.17) is 13.7 Å². The fourth-order valence-electron chi connectivity index (χ4n) is 3.87. The van der Waals surface area contributed by atoms with Crippen molar-refractivity contribution in [2.45, 2.75) is 38.8 Å². The Morgan fingerprint density at radius 3 is 2.65 bits per heavy atom. The van der Waals surface area contributed by atoms with Crippen LogP contribution in [0, 0.1) is 13.8 Å². The Bertz CT molecular complexity index is 1050. The van der Waals surface area contributed by atoms with Gasteiger partial charge in [0, 0.05) is 25.5 Å². The molecule has 0 bridgehead atoms. The Labute approximate surface area is 180 Å². The van der Waals surface area contributed by atoms with Gasteiger partial charge in [-0.2, -0.15) is 0 Å². The van der Waals surface area contributed by atoms with E-state index in [1.54, 1.807) is 19.2 Å². The molecule has 8 nitrogen and oxygen atoms in total. The minimum absolute atomic E-state index is 0.191. The number of benzene rings is 1. The number of ether oxygens (including phenoxy) is 1. The molecule has 8 heteroatoms. The Morgan fingerprint density at radius 1 is 1.19 bits per heavy atom. The number of hydrogen-bond acceptors (Lipinski definition) is 6. The molecule has 3 aromatic rings. The van der Waals surface area contributed by atoms with Crippen molar-refractivity contribution in [2.75, 3.05) is 13.6 Å². The number of nitrogens with one attached hydrogen (secondary N) is 1.